The average molecular weight is 344 g/mol. The highest BCUT2D eigenvalue weighted by Crippen LogP contribution is 2.63. The Bertz CT molecular complexity index is 594. The number of methoxy groups -OCH3 is 1. The van der Waals surface area contributed by atoms with Gasteiger partial charge in [0.05, 0.1) is 5.60 Å². The largest absolute Gasteiger partial charge is 0.464 e. The molecule has 3 heteroatoms. The zero-order valence-corrected chi connectivity index (χ0v) is 15.8. The van der Waals surface area contributed by atoms with Crippen molar-refractivity contribution in [2.45, 2.75) is 76.6 Å². The Balaban J connectivity index is 1.53. The van der Waals surface area contributed by atoms with Gasteiger partial charge in [-0.05, 0) is 80.4 Å². The molecule has 5 rings (SSSR count). The highest BCUT2D eigenvalue weighted by molar-refractivity contribution is 5.29. The Hall–Kier alpha value is -1.06. The lowest BCUT2D eigenvalue weighted by Crippen LogP contribution is -2.60. The molecular weight excluding hydrogens is 312 g/mol. The van der Waals surface area contributed by atoms with E-state index in [1.165, 1.54) is 12.0 Å². The first-order valence-electron chi connectivity index (χ1n) is 9.97. The maximum Gasteiger partial charge on any atom is 0.205 e. The molecule has 3 nitrogen and oxygen atoms in total. The minimum absolute atomic E-state index is 0.0248. The van der Waals surface area contributed by atoms with Gasteiger partial charge in [-0.3, -0.25) is 0 Å². The SMILES string of the molecule is CCC(C)c1ccc(OC(OC)C23CC4CC(CC(O)(C4)C2)C3)cc1. The van der Waals surface area contributed by atoms with Gasteiger partial charge in [-0.2, -0.15) is 0 Å². The van der Waals surface area contributed by atoms with Gasteiger partial charge in [0.2, 0.25) is 6.29 Å². The van der Waals surface area contributed by atoms with Crippen LogP contribution in [0, 0.1) is 17.3 Å². The van der Waals surface area contributed by atoms with Crippen LogP contribution in [0.2, 0.25) is 0 Å². The highest BCUT2D eigenvalue weighted by Gasteiger charge is 2.60. The van der Waals surface area contributed by atoms with E-state index in [4.69, 9.17) is 9.47 Å². The number of hydrogen-bond acceptors (Lipinski definition) is 3. The molecule has 0 aliphatic heterocycles. The van der Waals surface area contributed by atoms with Crippen LogP contribution in [0.1, 0.15) is 70.3 Å². The Morgan fingerprint density at radius 3 is 2.28 bits per heavy atom. The van der Waals surface area contributed by atoms with Gasteiger partial charge >= 0.3 is 0 Å². The van der Waals surface area contributed by atoms with E-state index >= 15 is 0 Å². The van der Waals surface area contributed by atoms with Crippen molar-refractivity contribution in [3.63, 3.8) is 0 Å². The van der Waals surface area contributed by atoms with E-state index in [-0.39, 0.29) is 11.7 Å². The maximum atomic E-state index is 11.0. The van der Waals surface area contributed by atoms with Crippen LogP contribution < -0.4 is 4.74 Å². The van der Waals surface area contributed by atoms with E-state index in [1.54, 1.807) is 7.11 Å². The lowest BCUT2D eigenvalue weighted by molar-refractivity contribution is -0.243. The molecule has 4 bridgehead atoms. The zero-order valence-electron chi connectivity index (χ0n) is 15.8. The Morgan fingerprint density at radius 2 is 1.76 bits per heavy atom. The van der Waals surface area contributed by atoms with Crippen LogP contribution in [-0.2, 0) is 4.74 Å². The maximum absolute atomic E-state index is 11.0. The number of hydrogen-bond donors (Lipinski definition) is 1. The average Bonchev–Trinajstić information content (AvgIpc) is 2.57. The summed E-state index contributed by atoms with van der Waals surface area (Å²) >= 11 is 0. The molecule has 25 heavy (non-hydrogen) atoms. The monoisotopic (exact) mass is 344 g/mol. The fraction of sp³-hybridized carbons (Fsp3) is 0.727. The quantitative estimate of drug-likeness (QED) is 0.747. The Kier molecular flexibility index (Phi) is 4.36. The van der Waals surface area contributed by atoms with Gasteiger partial charge in [-0.25, -0.2) is 0 Å². The molecule has 0 amide bonds. The second kappa shape index (κ2) is 6.28. The summed E-state index contributed by atoms with van der Waals surface area (Å²) in [6, 6.07) is 8.48. The van der Waals surface area contributed by atoms with Crippen molar-refractivity contribution in [2.24, 2.45) is 17.3 Å². The van der Waals surface area contributed by atoms with E-state index in [1.807, 2.05) is 0 Å². The van der Waals surface area contributed by atoms with Gasteiger partial charge in [-0.1, -0.05) is 26.0 Å². The van der Waals surface area contributed by atoms with Crippen molar-refractivity contribution < 1.29 is 14.6 Å². The Labute approximate surface area is 151 Å². The van der Waals surface area contributed by atoms with Gasteiger partial charge < -0.3 is 14.6 Å². The van der Waals surface area contributed by atoms with E-state index in [0.717, 1.165) is 44.3 Å². The third kappa shape index (κ3) is 3.10. The van der Waals surface area contributed by atoms with Crippen LogP contribution in [0.15, 0.2) is 24.3 Å². The summed E-state index contributed by atoms with van der Waals surface area (Å²) in [6.07, 6.45) is 7.21. The molecule has 0 heterocycles. The first-order chi connectivity index (χ1) is 12.0. The summed E-state index contributed by atoms with van der Waals surface area (Å²) in [6.45, 7) is 4.47. The molecule has 4 fully saturated rings. The second-order valence-electron chi connectivity index (χ2n) is 9.11. The molecule has 1 aromatic carbocycles. The van der Waals surface area contributed by atoms with Gasteiger partial charge in [-0.15, -0.1) is 0 Å². The molecule has 4 aliphatic rings. The van der Waals surface area contributed by atoms with Crippen molar-refractivity contribution in [1.82, 2.24) is 0 Å². The van der Waals surface area contributed by atoms with Gasteiger partial charge in [0.25, 0.3) is 0 Å². The third-order valence-corrected chi connectivity index (χ3v) is 7.09. The summed E-state index contributed by atoms with van der Waals surface area (Å²) in [5.41, 5.74) is 0.848. The first kappa shape index (κ1) is 17.4. The molecule has 1 N–H and O–H groups in total. The first-order valence-corrected chi connectivity index (χ1v) is 9.97. The van der Waals surface area contributed by atoms with Crippen LogP contribution in [-0.4, -0.2) is 24.1 Å². The van der Waals surface area contributed by atoms with Crippen molar-refractivity contribution in [1.29, 1.82) is 0 Å². The van der Waals surface area contributed by atoms with Crippen molar-refractivity contribution in [3.05, 3.63) is 29.8 Å². The normalized spacial score (nSPS) is 38.6. The molecular formula is C22H32O3. The van der Waals surface area contributed by atoms with Gasteiger partial charge in [0.1, 0.15) is 5.75 Å². The molecule has 0 spiro atoms. The van der Waals surface area contributed by atoms with Crippen molar-refractivity contribution in [3.8, 4) is 5.75 Å². The second-order valence-corrected chi connectivity index (χ2v) is 9.11. The fourth-order valence-electron chi connectivity index (χ4n) is 6.22. The molecule has 1 aromatic rings. The zero-order chi connectivity index (χ0) is 17.7. The number of rotatable bonds is 6. The molecule has 0 aromatic heterocycles. The summed E-state index contributed by atoms with van der Waals surface area (Å²) in [5, 5.41) is 11.0. The number of benzene rings is 1. The van der Waals surface area contributed by atoms with Gasteiger partial charge in [0, 0.05) is 12.5 Å². The minimum Gasteiger partial charge on any atom is -0.464 e. The van der Waals surface area contributed by atoms with Crippen LogP contribution in [0.5, 0.6) is 5.75 Å². The predicted octanol–water partition coefficient (Wildman–Crippen LogP) is 4.88. The van der Waals surface area contributed by atoms with E-state index in [9.17, 15) is 5.11 Å². The van der Waals surface area contributed by atoms with Crippen molar-refractivity contribution >= 4 is 0 Å². The summed E-state index contributed by atoms with van der Waals surface area (Å²) in [5.74, 6) is 2.73. The van der Waals surface area contributed by atoms with E-state index in [0.29, 0.717) is 17.8 Å². The number of ether oxygens (including phenoxy) is 2. The molecule has 4 atom stereocenters. The summed E-state index contributed by atoms with van der Waals surface area (Å²) < 4.78 is 12.2. The van der Waals surface area contributed by atoms with Crippen LogP contribution in [0.4, 0.5) is 0 Å². The molecule has 0 saturated heterocycles. The predicted molar refractivity (Wildman–Crippen MR) is 98.6 cm³/mol. The van der Waals surface area contributed by atoms with E-state index < -0.39 is 5.60 Å². The lowest BCUT2D eigenvalue weighted by Gasteiger charge is -2.61. The number of aliphatic hydroxyl groups is 1. The highest BCUT2D eigenvalue weighted by atomic mass is 16.7. The molecule has 4 unspecified atom stereocenters. The molecule has 0 radical (unpaired) electrons. The van der Waals surface area contributed by atoms with Crippen LogP contribution in [0.25, 0.3) is 0 Å². The lowest BCUT2D eigenvalue weighted by atomic mass is 9.47. The molecule has 4 saturated carbocycles. The van der Waals surface area contributed by atoms with E-state index in [2.05, 4.69) is 38.1 Å². The van der Waals surface area contributed by atoms with Crippen LogP contribution in [0.3, 0.4) is 0 Å². The topological polar surface area (TPSA) is 38.7 Å². The van der Waals surface area contributed by atoms with Gasteiger partial charge in [0.15, 0.2) is 0 Å². The van der Waals surface area contributed by atoms with Crippen LogP contribution >= 0.6 is 0 Å². The Morgan fingerprint density at radius 1 is 1.12 bits per heavy atom. The molecule has 138 valence electrons. The minimum atomic E-state index is -0.482. The third-order valence-electron chi connectivity index (χ3n) is 7.09. The standard InChI is InChI=1S/C22H32O3/c1-4-15(2)18-5-7-19(8-6-18)25-20(24-3)21-10-16-9-17(11-21)13-22(23,12-16)14-21/h5-8,15-17,20,23H,4,9-14H2,1-3H3. The summed E-state index contributed by atoms with van der Waals surface area (Å²) in [7, 11) is 1.75. The smallest absolute Gasteiger partial charge is 0.205 e. The molecule has 4 aliphatic carbocycles. The van der Waals surface area contributed by atoms with Crippen molar-refractivity contribution in [2.75, 3.05) is 7.11 Å². The summed E-state index contributed by atoms with van der Waals surface area (Å²) in [4.78, 5) is 0. The fourth-order valence-corrected chi connectivity index (χ4v) is 6.22.